The monoisotopic (exact) mass is 416 g/mol. The number of hydrogen-bond donors (Lipinski definition) is 0. The summed E-state index contributed by atoms with van der Waals surface area (Å²) in [6, 6.07) is 13.6. The van der Waals surface area contributed by atoms with E-state index in [1.807, 2.05) is 24.3 Å². The molecule has 5 heteroatoms. The Balaban J connectivity index is 2.01. The summed E-state index contributed by atoms with van der Waals surface area (Å²) in [4.78, 5) is 25.2. The number of ether oxygens (including phenoxy) is 1. The van der Waals surface area contributed by atoms with Crippen molar-refractivity contribution in [3.63, 3.8) is 0 Å². The first kappa shape index (κ1) is 18.5. The SMILES string of the molecule is CCOC(=O)C1C(=O)C=C(c2ccc(F)cc2)CC1c1ccc(Br)cc1. The van der Waals surface area contributed by atoms with Gasteiger partial charge in [-0.1, -0.05) is 40.2 Å². The number of allylic oxidation sites excluding steroid dienone is 2. The molecule has 0 spiro atoms. The fraction of sp³-hybridized carbons (Fsp3) is 0.238. The normalized spacial score (nSPS) is 19.8. The van der Waals surface area contributed by atoms with Gasteiger partial charge >= 0.3 is 5.97 Å². The molecule has 3 nitrogen and oxygen atoms in total. The van der Waals surface area contributed by atoms with Crippen molar-refractivity contribution in [1.29, 1.82) is 0 Å². The van der Waals surface area contributed by atoms with Crippen molar-refractivity contribution in [2.45, 2.75) is 19.3 Å². The third-order valence-electron chi connectivity index (χ3n) is 4.52. The molecule has 1 aliphatic rings. The molecule has 0 amide bonds. The zero-order valence-corrected chi connectivity index (χ0v) is 15.8. The highest BCUT2D eigenvalue weighted by Gasteiger charge is 2.39. The predicted molar refractivity (Wildman–Crippen MR) is 101 cm³/mol. The van der Waals surface area contributed by atoms with E-state index >= 15 is 0 Å². The number of carbonyl (C=O) groups excluding carboxylic acids is 2. The van der Waals surface area contributed by atoms with Crippen LogP contribution in [-0.4, -0.2) is 18.4 Å². The van der Waals surface area contributed by atoms with E-state index in [0.717, 1.165) is 21.2 Å². The van der Waals surface area contributed by atoms with Crippen molar-refractivity contribution in [2.75, 3.05) is 6.61 Å². The molecule has 2 aromatic carbocycles. The van der Waals surface area contributed by atoms with E-state index in [1.54, 1.807) is 19.1 Å². The first-order chi connectivity index (χ1) is 12.5. The average molecular weight is 417 g/mol. The quantitative estimate of drug-likeness (QED) is 0.525. The molecular weight excluding hydrogens is 399 g/mol. The van der Waals surface area contributed by atoms with Crippen LogP contribution >= 0.6 is 15.9 Å². The van der Waals surface area contributed by atoms with Crippen molar-refractivity contribution in [1.82, 2.24) is 0 Å². The predicted octanol–water partition coefficient (Wildman–Crippen LogP) is 4.91. The van der Waals surface area contributed by atoms with Crippen molar-refractivity contribution < 1.29 is 18.7 Å². The number of rotatable bonds is 4. The minimum Gasteiger partial charge on any atom is -0.465 e. The third-order valence-corrected chi connectivity index (χ3v) is 5.05. The first-order valence-corrected chi connectivity index (χ1v) is 9.21. The average Bonchev–Trinajstić information content (AvgIpc) is 2.62. The summed E-state index contributed by atoms with van der Waals surface area (Å²) in [5, 5.41) is 0. The number of benzene rings is 2. The molecule has 0 aliphatic heterocycles. The Bertz CT molecular complexity index is 841. The molecule has 3 rings (SSSR count). The van der Waals surface area contributed by atoms with Gasteiger partial charge in [0.2, 0.25) is 0 Å². The fourth-order valence-electron chi connectivity index (χ4n) is 3.27. The van der Waals surface area contributed by atoms with Crippen LogP contribution in [0.15, 0.2) is 59.1 Å². The Morgan fingerprint density at radius 1 is 1.15 bits per heavy atom. The van der Waals surface area contributed by atoms with Gasteiger partial charge in [0.1, 0.15) is 11.7 Å². The van der Waals surface area contributed by atoms with E-state index in [1.165, 1.54) is 18.2 Å². The van der Waals surface area contributed by atoms with Crippen molar-refractivity contribution >= 4 is 33.3 Å². The van der Waals surface area contributed by atoms with Crippen LogP contribution in [0.2, 0.25) is 0 Å². The molecule has 26 heavy (non-hydrogen) atoms. The molecule has 0 bridgehead atoms. The summed E-state index contributed by atoms with van der Waals surface area (Å²) >= 11 is 3.40. The molecule has 0 fully saturated rings. The van der Waals surface area contributed by atoms with Crippen LogP contribution in [0.5, 0.6) is 0 Å². The van der Waals surface area contributed by atoms with Crippen molar-refractivity contribution in [3.8, 4) is 0 Å². The van der Waals surface area contributed by atoms with Crippen LogP contribution in [0.1, 0.15) is 30.4 Å². The molecule has 1 aliphatic carbocycles. The summed E-state index contributed by atoms with van der Waals surface area (Å²) in [5.41, 5.74) is 2.47. The maximum absolute atomic E-state index is 13.2. The first-order valence-electron chi connectivity index (χ1n) is 8.42. The highest BCUT2D eigenvalue weighted by molar-refractivity contribution is 9.10. The number of esters is 1. The summed E-state index contributed by atoms with van der Waals surface area (Å²) in [6.45, 7) is 1.95. The molecule has 2 atom stereocenters. The van der Waals surface area contributed by atoms with Gasteiger partial charge in [-0.25, -0.2) is 4.39 Å². The Labute approximate surface area is 160 Å². The van der Waals surface area contributed by atoms with Crippen LogP contribution in [0, 0.1) is 11.7 Å². The maximum atomic E-state index is 13.2. The standard InChI is InChI=1S/C21H18BrFO3/c1-2-26-21(25)20-18(14-3-7-16(22)8-4-14)11-15(12-19(20)24)13-5-9-17(23)10-6-13/h3-10,12,18,20H,2,11H2,1H3. The molecule has 2 unspecified atom stereocenters. The number of hydrogen-bond acceptors (Lipinski definition) is 3. The topological polar surface area (TPSA) is 43.4 Å². The van der Waals surface area contributed by atoms with Gasteiger partial charge in [-0.3, -0.25) is 9.59 Å². The summed E-state index contributed by atoms with van der Waals surface area (Å²) in [6.07, 6.45) is 1.99. The lowest BCUT2D eigenvalue weighted by Gasteiger charge is -2.29. The molecule has 2 aromatic rings. The lowest BCUT2D eigenvalue weighted by molar-refractivity contribution is -0.151. The van der Waals surface area contributed by atoms with E-state index in [-0.39, 0.29) is 24.1 Å². The lowest BCUT2D eigenvalue weighted by atomic mass is 9.73. The van der Waals surface area contributed by atoms with Gasteiger partial charge in [-0.2, -0.15) is 0 Å². The molecule has 0 heterocycles. The molecule has 0 saturated heterocycles. The van der Waals surface area contributed by atoms with Gasteiger partial charge in [0.05, 0.1) is 6.61 Å². The van der Waals surface area contributed by atoms with Gasteiger partial charge < -0.3 is 4.74 Å². The molecule has 0 N–H and O–H groups in total. The Hall–Kier alpha value is -2.27. The molecular formula is C21H18BrFO3. The largest absolute Gasteiger partial charge is 0.465 e. The summed E-state index contributed by atoms with van der Waals surface area (Å²) < 4.78 is 19.3. The number of halogens is 2. The zero-order valence-electron chi connectivity index (χ0n) is 14.2. The minimum atomic E-state index is -0.861. The van der Waals surface area contributed by atoms with Crippen LogP contribution in [0.3, 0.4) is 0 Å². The van der Waals surface area contributed by atoms with Crippen LogP contribution in [-0.2, 0) is 14.3 Å². The van der Waals surface area contributed by atoms with Gasteiger partial charge in [-0.15, -0.1) is 0 Å². The van der Waals surface area contributed by atoms with Gasteiger partial charge in [0.25, 0.3) is 0 Å². The van der Waals surface area contributed by atoms with Gasteiger partial charge in [0, 0.05) is 10.4 Å². The Morgan fingerprint density at radius 2 is 1.81 bits per heavy atom. The van der Waals surface area contributed by atoms with E-state index in [4.69, 9.17) is 4.74 Å². The van der Waals surface area contributed by atoms with Crippen molar-refractivity contribution in [2.24, 2.45) is 5.92 Å². The van der Waals surface area contributed by atoms with Gasteiger partial charge in [-0.05, 0) is 60.4 Å². The lowest BCUT2D eigenvalue weighted by Crippen LogP contribution is -2.34. The second-order valence-corrected chi connectivity index (χ2v) is 7.09. The maximum Gasteiger partial charge on any atom is 0.317 e. The fourth-order valence-corrected chi connectivity index (χ4v) is 3.54. The third kappa shape index (κ3) is 3.93. The highest BCUT2D eigenvalue weighted by atomic mass is 79.9. The smallest absolute Gasteiger partial charge is 0.317 e. The van der Waals surface area contributed by atoms with E-state index < -0.39 is 11.9 Å². The van der Waals surface area contributed by atoms with Crippen LogP contribution in [0.25, 0.3) is 5.57 Å². The van der Waals surface area contributed by atoms with E-state index in [9.17, 15) is 14.0 Å². The molecule has 0 aromatic heterocycles. The molecule has 134 valence electrons. The minimum absolute atomic E-state index is 0.226. The zero-order chi connectivity index (χ0) is 18.7. The molecule has 0 radical (unpaired) electrons. The second kappa shape index (κ2) is 7.96. The van der Waals surface area contributed by atoms with Gasteiger partial charge in [0.15, 0.2) is 5.78 Å². The Kier molecular flexibility index (Phi) is 5.67. The van der Waals surface area contributed by atoms with Crippen LogP contribution in [0.4, 0.5) is 4.39 Å². The number of ketones is 1. The summed E-state index contributed by atoms with van der Waals surface area (Å²) in [5.74, 6) is -2.29. The van der Waals surface area contributed by atoms with E-state index in [0.29, 0.717) is 6.42 Å². The van der Waals surface area contributed by atoms with Crippen LogP contribution < -0.4 is 0 Å². The Morgan fingerprint density at radius 3 is 2.42 bits per heavy atom. The molecule has 0 saturated carbocycles. The second-order valence-electron chi connectivity index (χ2n) is 6.17. The van der Waals surface area contributed by atoms with E-state index in [2.05, 4.69) is 15.9 Å². The number of carbonyl (C=O) groups is 2. The summed E-state index contributed by atoms with van der Waals surface area (Å²) in [7, 11) is 0. The highest BCUT2D eigenvalue weighted by Crippen LogP contribution is 2.40. The van der Waals surface area contributed by atoms with Crippen molar-refractivity contribution in [3.05, 3.63) is 76.0 Å².